The van der Waals surface area contributed by atoms with E-state index in [-0.39, 0.29) is 0 Å². The lowest BCUT2D eigenvalue weighted by molar-refractivity contribution is 0.334. The predicted molar refractivity (Wildman–Crippen MR) is 88.6 cm³/mol. The van der Waals surface area contributed by atoms with Crippen molar-refractivity contribution in [2.24, 2.45) is 0 Å². The van der Waals surface area contributed by atoms with E-state index < -0.39 is 0 Å². The van der Waals surface area contributed by atoms with E-state index in [1.807, 2.05) is 38.4 Å². The molecule has 112 valence electrons. The third-order valence-corrected chi connectivity index (χ3v) is 3.45. The quantitative estimate of drug-likeness (QED) is 0.712. The summed E-state index contributed by atoms with van der Waals surface area (Å²) in [5.74, 6) is 1.68. The Balaban J connectivity index is 1.97. The summed E-state index contributed by atoms with van der Waals surface area (Å²) in [7, 11) is 4.03. The highest BCUT2D eigenvalue weighted by molar-refractivity contribution is 5.61. The van der Waals surface area contributed by atoms with Crippen molar-refractivity contribution < 1.29 is 4.42 Å². The number of hydrogen-bond donors (Lipinski definition) is 0. The molecular weight excluding hydrogens is 272 g/mol. The summed E-state index contributed by atoms with van der Waals surface area (Å²) >= 11 is 0. The maximum Gasteiger partial charge on any atom is 0.209 e. The number of hydrogen-bond acceptors (Lipinski definition) is 3. The lowest BCUT2D eigenvalue weighted by Crippen LogP contribution is -2.10. The van der Waals surface area contributed by atoms with Gasteiger partial charge in [0.2, 0.25) is 5.89 Å². The molecule has 3 nitrogen and oxygen atoms in total. The SMILES string of the molecule is CN(C)Cc1nc(-c2ccccc2)c(Cc2ccccc2)o1. The molecule has 0 aliphatic heterocycles. The lowest BCUT2D eigenvalue weighted by atomic mass is 10.1. The van der Waals surface area contributed by atoms with Crippen LogP contribution in [0.3, 0.4) is 0 Å². The molecule has 0 unspecified atom stereocenters. The minimum Gasteiger partial charge on any atom is -0.443 e. The van der Waals surface area contributed by atoms with Crippen LogP contribution in [-0.4, -0.2) is 24.0 Å². The molecule has 0 aliphatic rings. The Morgan fingerprint density at radius 2 is 1.55 bits per heavy atom. The minimum absolute atomic E-state index is 0.703. The van der Waals surface area contributed by atoms with Crippen LogP contribution in [0, 0.1) is 0 Å². The summed E-state index contributed by atoms with van der Waals surface area (Å²) in [6.45, 7) is 0.703. The average molecular weight is 292 g/mol. The molecule has 0 spiro atoms. The summed E-state index contributed by atoms with van der Waals surface area (Å²) in [4.78, 5) is 6.77. The van der Waals surface area contributed by atoms with Crippen molar-refractivity contribution in [3.8, 4) is 11.3 Å². The van der Waals surface area contributed by atoms with E-state index in [1.54, 1.807) is 0 Å². The molecule has 1 aromatic heterocycles. The fourth-order valence-corrected chi connectivity index (χ4v) is 2.46. The predicted octanol–water partition coefficient (Wildman–Crippen LogP) is 3.99. The van der Waals surface area contributed by atoms with Crippen LogP contribution in [0.15, 0.2) is 65.1 Å². The first kappa shape index (κ1) is 14.5. The maximum atomic E-state index is 6.03. The summed E-state index contributed by atoms with van der Waals surface area (Å²) in [5, 5.41) is 0. The number of oxazole rings is 1. The summed E-state index contributed by atoms with van der Waals surface area (Å²) in [6, 6.07) is 20.6. The van der Waals surface area contributed by atoms with Gasteiger partial charge in [-0.3, -0.25) is 0 Å². The third-order valence-electron chi connectivity index (χ3n) is 3.45. The van der Waals surface area contributed by atoms with Gasteiger partial charge in [-0.25, -0.2) is 4.98 Å². The summed E-state index contributed by atoms with van der Waals surface area (Å²) in [6.07, 6.45) is 0.755. The molecule has 0 atom stereocenters. The maximum absolute atomic E-state index is 6.03. The molecule has 0 bridgehead atoms. The van der Waals surface area contributed by atoms with Crippen molar-refractivity contribution in [1.82, 2.24) is 9.88 Å². The normalized spacial score (nSPS) is 11.0. The van der Waals surface area contributed by atoms with Crippen LogP contribution >= 0.6 is 0 Å². The van der Waals surface area contributed by atoms with Crippen molar-refractivity contribution in [3.05, 3.63) is 77.9 Å². The first-order valence-electron chi connectivity index (χ1n) is 7.45. The zero-order valence-electron chi connectivity index (χ0n) is 13.0. The van der Waals surface area contributed by atoms with Gasteiger partial charge in [-0.05, 0) is 19.7 Å². The second-order valence-corrected chi connectivity index (χ2v) is 5.65. The van der Waals surface area contributed by atoms with Crippen molar-refractivity contribution in [3.63, 3.8) is 0 Å². The third kappa shape index (κ3) is 3.43. The van der Waals surface area contributed by atoms with Gasteiger partial charge in [-0.15, -0.1) is 0 Å². The molecule has 0 aliphatic carbocycles. The monoisotopic (exact) mass is 292 g/mol. The van der Waals surface area contributed by atoms with E-state index in [1.165, 1.54) is 5.56 Å². The second-order valence-electron chi connectivity index (χ2n) is 5.65. The highest BCUT2D eigenvalue weighted by Crippen LogP contribution is 2.26. The fourth-order valence-electron chi connectivity index (χ4n) is 2.46. The standard InChI is InChI=1S/C19H20N2O/c1-21(2)14-18-20-19(16-11-7-4-8-12-16)17(22-18)13-15-9-5-3-6-10-15/h3-12H,13-14H2,1-2H3. The molecule has 3 heteroatoms. The Bertz CT molecular complexity index is 718. The number of aromatic nitrogens is 1. The van der Waals surface area contributed by atoms with E-state index in [9.17, 15) is 0 Å². The Hall–Kier alpha value is -2.39. The molecule has 0 radical (unpaired) electrons. The van der Waals surface area contributed by atoms with Crippen LogP contribution in [-0.2, 0) is 13.0 Å². The van der Waals surface area contributed by atoms with Gasteiger partial charge in [0.15, 0.2) is 0 Å². The van der Waals surface area contributed by atoms with Crippen LogP contribution in [0.5, 0.6) is 0 Å². The Kier molecular flexibility index (Phi) is 4.35. The van der Waals surface area contributed by atoms with Gasteiger partial charge in [0.25, 0.3) is 0 Å². The lowest BCUT2D eigenvalue weighted by Gasteiger charge is -2.04. The van der Waals surface area contributed by atoms with Crippen LogP contribution in [0.4, 0.5) is 0 Å². The molecule has 3 aromatic rings. The molecule has 2 aromatic carbocycles. The molecule has 0 amide bonds. The summed E-state index contributed by atoms with van der Waals surface area (Å²) in [5.41, 5.74) is 3.27. The van der Waals surface area contributed by atoms with Crippen molar-refractivity contribution in [1.29, 1.82) is 0 Å². The van der Waals surface area contributed by atoms with Crippen LogP contribution < -0.4 is 0 Å². The van der Waals surface area contributed by atoms with Gasteiger partial charge in [0, 0.05) is 12.0 Å². The molecule has 3 rings (SSSR count). The van der Waals surface area contributed by atoms with E-state index in [0.717, 1.165) is 29.3 Å². The van der Waals surface area contributed by atoms with Crippen molar-refractivity contribution >= 4 is 0 Å². The van der Waals surface area contributed by atoms with E-state index in [0.29, 0.717) is 6.54 Å². The van der Waals surface area contributed by atoms with Crippen LogP contribution in [0.2, 0.25) is 0 Å². The van der Waals surface area contributed by atoms with Crippen molar-refractivity contribution in [2.75, 3.05) is 14.1 Å². The Morgan fingerprint density at radius 1 is 0.909 bits per heavy atom. The van der Waals surface area contributed by atoms with Gasteiger partial charge in [-0.1, -0.05) is 60.7 Å². The Labute approximate surface area is 131 Å². The zero-order chi connectivity index (χ0) is 15.4. The molecule has 0 N–H and O–H groups in total. The molecule has 0 fully saturated rings. The van der Waals surface area contributed by atoms with Gasteiger partial charge < -0.3 is 9.32 Å². The first-order valence-corrected chi connectivity index (χ1v) is 7.45. The topological polar surface area (TPSA) is 29.3 Å². The molecule has 1 heterocycles. The zero-order valence-corrected chi connectivity index (χ0v) is 13.0. The van der Waals surface area contributed by atoms with E-state index in [2.05, 4.69) is 41.3 Å². The van der Waals surface area contributed by atoms with Crippen LogP contribution in [0.25, 0.3) is 11.3 Å². The Morgan fingerprint density at radius 3 is 2.18 bits per heavy atom. The second kappa shape index (κ2) is 6.58. The molecule has 0 saturated heterocycles. The highest BCUT2D eigenvalue weighted by Gasteiger charge is 2.15. The highest BCUT2D eigenvalue weighted by atomic mass is 16.4. The molecular formula is C19H20N2O. The van der Waals surface area contributed by atoms with E-state index >= 15 is 0 Å². The van der Waals surface area contributed by atoms with E-state index in [4.69, 9.17) is 9.40 Å². The van der Waals surface area contributed by atoms with Gasteiger partial charge >= 0.3 is 0 Å². The largest absolute Gasteiger partial charge is 0.443 e. The van der Waals surface area contributed by atoms with Gasteiger partial charge in [0.05, 0.1) is 6.54 Å². The molecule has 22 heavy (non-hydrogen) atoms. The minimum atomic E-state index is 0.703. The number of nitrogens with zero attached hydrogens (tertiary/aromatic N) is 2. The fraction of sp³-hybridized carbons (Fsp3) is 0.211. The smallest absolute Gasteiger partial charge is 0.209 e. The molecule has 0 saturated carbocycles. The van der Waals surface area contributed by atoms with Crippen molar-refractivity contribution in [2.45, 2.75) is 13.0 Å². The number of benzene rings is 2. The van der Waals surface area contributed by atoms with Crippen LogP contribution in [0.1, 0.15) is 17.2 Å². The summed E-state index contributed by atoms with van der Waals surface area (Å²) < 4.78 is 6.03. The van der Waals surface area contributed by atoms with Gasteiger partial charge in [-0.2, -0.15) is 0 Å². The number of rotatable bonds is 5. The average Bonchev–Trinajstić information content (AvgIpc) is 2.91. The van der Waals surface area contributed by atoms with Gasteiger partial charge in [0.1, 0.15) is 11.5 Å². The first-order chi connectivity index (χ1) is 10.7.